The maximum absolute atomic E-state index is 5.58. The highest BCUT2D eigenvalue weighted by molar-refractivity contribution is 5.20. The summed E-state index contributed by atoms with van der Waals surface area (Å²) in [6.45, 7) is 3.04. The van der Waals surface area contributed by atoms with Gasteiger partial charge in [0.05, 0.1) is 6.61 Å². The molecule has 0 aliphatic heterocycles. The number of unbranched alkanes of at least 4 members (excludes halogenated alkanes) is 5. The molecule has 1 heteroatoms. The van der Waals surface area contributed by atoms with Crippen LogP contribution in [0.15, 0.2) is 30.3 Å². The van der Waals surface area contributed by atoms with Crippen molar-refractivity contribution in [2.75, 3.05) is 6.61 Å². The number of ether oxygens (including phenoxy) is 1. The summed E-state index contributed by atoms with van der Waals surface area (Å²) in [5.74, 6) is 0.972. The predicted molar refractivity (Wildman–Crippen MR) is 65.0 cm³/mol. The number of benzene rings is 1. The third-order valence-corrected chi connectivity index (χ3v) is 2.35. The zero-order chi connectivity index (χ0) is 10.8. The van der Waals surface area contributed by atoms with Crippen LogP contribution in [0.5, 0.6) is 5.75 Å². The van der Waals surface area contributed by atoms with Gasteiger partial charge in [-0.2, -0.15) is 0 Å². The van der Waals surface area contributed by atoms with Crippen molar-refractivity contribution in [3.8, 4) is 5.75 Å². The quantitative estimate of drug-likeness (QED) is 0.577. The van der Waals surface area contributed by atoms with E-state index in [0.29, 0.717) is 0 Å². The lowest BCUT2D eigenvalue weighted by Gasteiger charge is -2.05. The van der Waals surface area contributed by atoms with Crippen LogP contribution in [0.1, 0.15) is 39.0 Å². The van der Waals surface area contributed by atoms with Crippen LogP contribution in [-0.4, -0.2) is 6.61 Å². The highest BCUT2D eigenvalue weighted by Crippen LogP contribution is 2.09. The second kappa shape index (κ2) is 8.34. The van der Waals surface area contributed by atoms with E-state index in [-0.39, 0.29) is 0 Å². The number of hydrogen-bond acceptors (Lipinski definition) is 1. The molecule has 0 aliphatic rings. The first-order valence-electron chi connectivity index (χ1n) is 5.93. The summed E-state index contributed by atoms with van der Waals surface area (Å²) in [5.41, 5.74) is 0. The fourth-order valence-electron chi connectivity index (χ4n) is 1.46. The molecule has 1 radical (unpaired) electrons. The molecule has 83 valence electrons. The first-order chi connectivity index (χ1) is 7.43. The molecule has 1 aromatic carbocycles. The third kappa shape index (κ3) is 6.16. The standard InChI is InChI=1S/C14H21O/c1-2-3-4-5-6-10-13-15-14-11-8-7-9-12-14/h6-9,11-12H,2-5,10,13H2,1H3. The van der Waals surface area contributed by atoms with Gasteiger partial charge in [-0.15, -0.1) is 0 Å². The molecular weight excluding hydrogens is 184 g/mol. The lowest BCUT2D eigenvalue weighted by Crippen LogP contribution is -1.97. The van der Waals surface area contributed by atoms with Gasteiger partial charge in [0.15, 0.2) is 0 Å². The highest BCUT2D eigenvalue weighted by atomic mass is 16.5. The molecule has 0 bridgehead atoms. The normalized spacial score (nSPS) is 10.2. The molecule has 0 saturated heterocycles. The van der Waals surface area contributed by atoms with Crippen molar-refractivity contribution in [1.29, 1.82) is 0 Å². The summed E-state index contributed by atoms with van der Waals surface area (Å²) in [7, 11) is 0. The fourth-order valence-corrected chi connectivity index (χ4v) is 1.46. The predicted octanol–water partition coefficient (Wildman–Crippen LogP) is 4.24. The largest absolute Gasteiger partial charge is 0.494 e. The zero-order valence-electron chi connectivity index (χ0n) is 9.61. The molecule has 0 N–H and O–H groups in total. The molecule has 0 aliphatic carbocycles. The van der Waals surface area contributed by atoms with E-state index in [1.54, 1.807) is 0 Å². The molecule has 0 saturated carbocycles. The summed E-state index contributed by atoms with van der Waals surface area (Å²) >= 11 is 0. The van der Waals surface area contributed by atoms with Crippen LogP contribution in [0.3, 0.4) is 0 Å². The molecule has 0 spiro atoms. The van der Waals surface area contributed by atoms with Crippen molar-refractivity contribution in [2.24, 2.45) is 0 Å². The second-order valence-electron chi connectivity index (χ2n) is 3.73. The third-order valence-electron chi connectivity index (χ3n) is 2.35. The van der Waals surface area contributed by atoms with E-state index in [1.807, 2.05) is 30.3 Å². The molecular formula is C14H21O. The van der Waals surface area contributed by atoms with Gasteiger partial charge in [-0.05, 0) is 25.0 Å². The van der Waals surface area contributed by atoms with E-state index >= 15 is 0 Å². The van der Waals surface area contributed by atoms with Crippen molar-refractivity contribution in [3.05, 3.63) is 36.8 Å². The van der Waals surface area contributed by atoms with Gasteiger partial charge in [0.1, 0.15) is 5.75 Å². The highest BCUT2D eigenvalue weighted by Gasteiger charge is 1.92. The monoisotopic (exact) mass is 205 g/mol. The fraction of sp³-hybridized carbons (Fsp3) is 0.500. The van der Waals surface area contributed by atoms with Crippen LogP contribution in [0.2, 0.25) is 0 Å². The van der Waals surface area contributed by atoms with E-state index in [0.717, 1.165) is 18.8 Å². The Morgan fingerprint density at radius 3 is 2.60 bits per heavy atom. The Kier molecular flexibility index (Phi) is 6.72. The first-order valence-corrected chi connectivity index (χ1v) is 5.93. The van der Waals surface area contributed by atoms with Crippen molar-refractivity contribution in [3.63, 3.8) is 0 Å². The van der Waals surface area contributed by atoms with Crippen LogP contribution in [-0.2, 0) is 0 Å². The Balaban J connectivity index is 1.93. The number of hydrogen-bond donors (Lipinski definition) is 0. The van der Waals surface area contributed by atoms with Gasteiger partial charge in [-0.1, -0.05) is 50.8 Å². The van der Waals surface area contributed by atoms with E-state index < -0.39 is 0 Å². The Morgan fingerprint density at radius 2 is 1.87 bits per heavy atom. The molecule has 0 atom stereocenters. The molecule has 0 fully saturated rings. The Labute approximate surface area is 93.5 Å². The second-order valence-corrected chi connectivity index (χ2v) is 3.73. The maximum atomic E-state index is 5.58. The Morgan fingerprint density at radius 1 is 1.07 bits per heavy atom. The van der Waals surface area contributed by atoms with Crippen molar-refractivity contribution in [2.45, 2.75) is 39.0 Å². The van der Waals surface area contributed by atoms with Crippen molar-refractivity contribution in [1.82, 2.24) is 0 Å². The average molecular weight is 205 g/mol. The molecule has 0 unspecified atom stereocenters. The lowest BCUT2D eigenvalue weighted by atomic mass is 10.1. The molecule has 1 aromatic rings. The molecule has 1 nitrogen and oxygen atoms in total. The smallest absolute Gasteiger partial charge is 0.119 e. The summed E-state index contributed by atoms with van der Waals surface area (Å²) in [5, 5.41) is 0. The van der Waals surface area contributed by atoms with Crippen LogP contribution < -0.4 is 4.74 Å². The number of rotatable bonds is 8. The molecule has 0 aromatic heterocycles. The molecule has 0 amide bonds. The molecule has 1 rings (SSSR count). The molecule has 15 heavy (non-hydrogen) atoms. The van der Waals surface area contributed by atoms with Gasteiger partial charge in [-0.25, -0.2) is 0 Å². The van der Waals surface area contributed by atoms with Crippen molar-refractivity contribution >= 4 is 0 Å². The van der Waals surface area contributed by atoms with Gasteiger partial charge in [0.2, 0.25) is 0 Å². The van der Waals surface area contributed by atoms with Gasteiger partial charge >= 0.3 is 0 Å². The Bertz CT molecular complexity index is 230. The summed E-state index contributed by atoms with van der Waals surface area (Å²) < 4.78 is 5.58. The van der Waals surface area contributed by atoms with Crippen LogP contribution in [0.4, 0.5) is 0 Å². The summed E-state index contributed by atoms with van der Waals surface area (Å²) in [6, 6.07) is 10.00. The lowest BCUT2D eigenvalue weighted by molar-refractivity contribution is 0.318. The maximum Gasteiger partial charge on any atom is 0.119 e. The molecule has 0 heterocycles. The van der Waals surface area contributed by atoms with Gasteiger partial charge < -0.3 is 4.74 Å². The van der Waals surface area contributed by atoms with Gasteiger partial charge in [0, 0.05) is 0 Å². The first kappa shape index (κ1) is 12.1. The SMILES string of the molecule is CCCCC[CH]CCOc1ccccc1. The topological polar surface area (TPSA) is 9.23 Å². The average Bonchev–Trinajstić information content (AvgIpc) is 2.29. The van der Waals surface area contributed by atoms with Crippen LogP contribution in [0, 0.1) is 6.42 Å². The minimum absolute atomic E-state index is 0.802. The van der Waals surface area contributed by atoms with E-state index in [1.165, 1.54) is 25.7 Å². The minimum atomic E-state index is 0.802. The summed E-state index contributed by atoms with van der Waals surface area (Å²) in [4.78, 5) is 0. The van der Waals surface area contributed by atoms with Gasteiger partial charge in [0.25, 0.3) is 0 Å². The van der Waals surface area contributed by atoms with E-state index in [9.17, 15) is 0 Å². The number of para-hydroxylation sites is 1. The summed E-state index contributed by atoms with van der Waals surface area (Å²) in [6.07, 6.45) is 8.58. The van der Waals surface area contributed by atoms with Crippen LogP contribution in [0.25, 0.3) is 0 Å². The van der Waals surface area contributed by atoms with E-state index in [4.69, 9.17) is 4.74 Å². The minimum Gasteiger partial charge on any atom is -0.494 e. The Hall–Kier alpha value is -0.980. The van der Waals surface area contributed by atoms with E-state index in [2.05, 4.69) is 13.3 Å². The zero-order valence-corrected chi connectivity index (χ0v) is 9.61. The van der Waals surface area contributed by atoms with Crippen molar-refractivity contribution < 1.29 is 4.74 Å². The van der Waals surface area contributed by atoms with Gasteiger partial charge in [-0.3, -0.25) is 0 Å². The van der Waals surface area contributed by atoms with Crippen LogP contribution >= 0.6 is 0 Å².